The van der Waals surface area contributed by atoms with E-state index in [2.05, 4.69) is 9.88 Å². The molecule has 0 saturated heterocycles. The van der Waals surface area contributed by atoms with Crippen molar-refractivity contribution in [2.75, 3.05) is 6.54 Å². The molecule has 3 aromatic rings. The fourth-order valence-electron chi connectivity index (χ4n) is 3.88. The van der Waals surface area contributed by atoms with Crippen LogP contribution in [0.4, 0.5) is 13.2 Å². The lowest BCUT2D eigenvalue weighted by Crippen LogP contribution is -2.24. The van der Waals surface area contributed by atoms with Crippen LogP contribution in [0, 0.1) is 0 Å². The average Bonchev–Trinajstić information content (AvgIpc) is 3.03. The average molecular weight is 429 g/mol. The summed E-state index contributed by atoms with van der Waals surface area (Å²) < 4.78 is 41.1. The minimum Gasteiger partial charge on any atom is -0.398 e. The fraction of sp³-hybridized carbons (Fsp3) is 0.227. The molecule has 0 fully saturated rings. The third-order valence-corrected chi connectivity index (χ3v) is 5.56. The summed E-state index contributed by atoms with van der Waals surface area (Å²) in [5.74, 6) is 0. The van der Waals surface area contributed by atoms with E-state index in [1.807, 2.05) is 25.2 Å². The summed E-state index contributed by atoms with van der Waals surface area (Å²) in [4.78, 5) is 12.7. The molecule has 0 bridgehead atoms. The first-order valence-electron chi connectivity index (χ1n) is 9.71. The zero-order valence-corrected chi connectivity index (χ0v) is 16.8. The normalized spacial score (nSPS) is 15.4. The van der Waals surface area contributed by atoms with Crippen LogP contribution in [0.1, 0.15) is 16.8 Å². The fourth-order valence-corrected chi connectivity index (χ4v) is 3.88. The van der Waals surface area contributed by atoms with Crippen molar-refractivity contribution < 1.29 is 13.2 Å². The van der Waals surface area contributed by atoms with E-state index >= 15 is 0 Å². The summed E-state index contributed by atoms with van der Waals surface area (Å²) in [6.45, 7) is 1.75. The third-order valence-electron chi connectivity index (χ3n) is 5.56. The quantitative estimate of drug-likeness (QED) is 0.559. The number of hydrogen-bond donors (Lipinski definition) is 3. The monoisotopic (exact) mass is 429 g/mol. The van der Waals surface area contributed by atoms with Crippen molar-refractivity contribution >= 4 is 16.6 Å². The van der Waals surface area contributed by atoms with Crippen LogP contribution in [0.25, 0.3) is 22.3 Å². The lowest BCUT2D eigenvalue weighted by atomic mass is 10.1. The smallest absolute Gasteiger partial charge is 0.398 e. The van der Waals surface area contributed by atoms with E-state index < -0.39 is 11.9 Å². The Morgan fingerprint density at radius 3 is 2.65 bits per heavy atom. The van der Waals surface area contributed by atoms with Crippen molar-refractivity contribution in [2.45, 2.75) is 19.1 Å². The second-order valence-electron chi connectivity index (χ2n) is 7.48. The summed E-state index contributed by atoms with van der Waals surface area (Å²) >= 11 is 0. The molecule has 5 N–H and O–H groups in total. The largest absolute Gasteiger partial charge is 0.430 e. The Kier molecular flexibility index (Phi) is 5.14. The number of nitrogens with two attached hydrogens (primary N) is 2. The lowest BCUT2D eigenvalue weighted by Gasteiger charge is -2.14. The van der Waals surface area contributed by atoms with Gasteiger partial charge in [0, 0.05) is 61.2 Å². The number of benzene rings is 1. The van der Waals surface area contributed by atoms with Crippen molar-refractivity contribution in [3.05, 3.63) is 81.6 Å². The summed E-state index contributed by atoms with van der Waals surface area (Å²) in [7, 11) is 2.02. The summed E-state index contributed by atoms with van der Waals surface area (Å²) in [5, 5.41) is 4.54. The molecule has 0 atom stereocenters. The predicted octanol–water partition coefficient (Wildman–Crippen LogP) is 2.68. The van der Waals surface area contributed by atoms with Crippen molar-refractivity contribution in [3.8, 4) is 5.69 Å². The number of rotatable bonds is 3. The van der Waals surface area contributed by atoms with Gasteiger partial charge in [-0.15, -0.1) is 0 Å². The molecular formula is C22H22F3N5O. The first kappa shape index (κ1) is 20.8. The molecule has 31 heavy (non-hydrogen) atoms. The number of allylic oxidation sites excluding steroid dienone is 3. The van der Waals surface area contributed by atoms with Crippen LogP contribution in [-0.2, 0) is 20.0 Å². The van der Waals surface area contributed by atoms with Crippen LogP contribution >= 0.6 is 0 Å². The van der Waals surface area contributed by atoms with Crippen LogP contribution in [0.5, 0.6) is 0 Å². The van der Waals surface area contributed by atoms with Crippen LogP contribution in [0.15, 0.2) is 59.2 Å². The van der Waals surface area contributed by atoms with Gasteiger partial charge in [0.25, 0.3) is 5.56 Å². The summed E-state index contributed by atoms with van der Waals surface area (Å²) in [5.41, 5.74) is 13.8. The van der Waals surface area contributed by atoms with Gasteiger partial charge < -0.3 is 21.4 Å². The number of alkyl halides is 3. The topological polar surface area (TPSA) is 91.0 Å². The van der Waals surface area contributed by atoms with Crippen LogP contribution in [-0.4, -0.2) is 21.9 Å². The van der Waals surface area contributed by atoms with Crippen molar-refractivity contribution in [3.63, 3.8) is 0 Å². The minimum atomic E-state index is -4.63. The third kappa shape index (κ3) is 3.84. The van der Waals surface area contributed by atoms with Gasteiger partial charge in [0.2, 0.25) is 0 Å². The molecule has 0 spiro atoms. The molecule has 0 aliphatic carbocycles. The second kappa shape index (κ2) is 7.66. The molecule has 4 rings (SSSR count). The highest BCUT2D eigenvalue weighted by atomic mass is 19.4. The molecule has 2 aromatic heterocycles. The molecule has 1 aromatic carbocycles. The highest BCUT2D eigenvalue weighted by molar-refractivity contribution is 5.87. The van der Waals surface area contributed by atoms with Gasteiger partial charge in [-0.1, -0.05) is 6.07 Å². The predicted molar refractivity (Wildman–Crippen MR) is 114 cm³/mol. The molecule has 1 aliphatic rings. The molecule has 6 nitrogen and oxygen atoms in total. The van der Waals surface area contributed by atoms with E-state index in [0.717, 1.165) is 36.5 Å². The minimum absolute atomic E-state index is 0.00881. The van der Waals surface area contributed by atoms with E-state index in [1.165, 1.54) is 21.9 Å². The number of aryl methyl sites for hydroxylation is 1. The van der Waals surface area contributed by atoms with E-state index in [-0.39, 0.29) is 11.3 Å². The Hall–Kier alpha value is -3.46. The molecule has 162 valence electrons. The Labute approximate surface area is 176 Å². The number of aromatic nitrogens is 2. The molecule has 0 amide bonds. The van der Waals surface area contributed by atoms with Crippen LogP contribution in [0.2, 0.25) is 0 Å². The van der Waals surface area contributed by atoms with Crippen molar-refractivity contribution in [1.29, 1.82) is 0 Å². The number of nitrogens with zero attached hydrogens (tertiary/aromatic N) is 2. The summed E-state index contributed by atoms with van der Waals surface area (Å²) in [6.07, 6.45) is -0.410. The lowest BCUT2D eigenvalue weighted by molar-refractivity contribution is -0.0926. The van der Waals surface area contributed by atoms with Crippen molar-refractivity contribution in [2.24, 2.45) is 18.5 Å². The van der Waals surface area contributed by atoms with E-state index in [4.69, 9.17) is 11.5 Å². The van der Waals surface area contributed by atoms with Gasteiger partial charge in [-0.05, 0) is 35.9 Å². The van der Waals surface area contributed by atoms with E-state index in [9.17, 15) is 18.0 Å². The van der Waals surface area contributed by atoms with Gasteiger partial charge in [0.15, 0.2) is 0 Å². The second-order valence-corrected chi connectivity index (χ2v) is 7.48. The maximum absolute atomic E-state index is 12.7. The molecule has 0 radical (unpaired) electrons. The zero-order valence-electron chi connectivity index (χ0n) is 16.8. The van der Waals surface area contributed by atoms with Gasteiger partial charge in [0.1, 0.15) is 5.70 Å². The molecule has 9 heteroatoms. The van der Waals surface area contributed by atoms with Crippen molar-refractivity contribution in [1.82, 2.24) is 14.5 Å². The molecule has 0 unspecified atom stereocenters. The van der Waals surface area contributed by atoms with Gasteiger partial charge >= 0.3 is 6.18 Å². The maximum Gasteiger partial charge on any atom is 0.430 e. The van der Waals surface area contributed by atoms with Gasteiger partial charge in [-0.2, -0.15) is 13.2 Å². The van der Waals surface area contributed by atoms with Crippen LogP contribution < -0.4 is 22.3 Å². The maximum atomic E-state index is 12.7. The Bertz CT molecular complexity index is 1280. The van der Waals surface area contributed by atoms with Gasteiger partial charge in [0.05, 0.1) is 11.2 Å². The Morgan fingerprint density at radius 2 is 1.94 bits per heavy atom. The zero-order chi connectivity index (χ0) is 22.3. The van der Waals surface area contributed by atoms with Gasteiger partial charge in [-0.25, -0.2) is 0 Å². The number of nitrogens with one attached hydrogen (secondary N) is 1. The highest BCUT2D eigenvalue weighted by Crippen LogP contribution is 2.29. The number of fused-ring (bicyclic) bond motifs is 3. The standard InChI is InChI=1S/C22H22F3N5O/c1-29-18-6-8-28-12-16(18)15-3-2-14(11-19(15)29)30-9-7-13(10-21(30)31)17(26)4-5-20(27)22(23,24)25/h2-5,7,9-11,28H,6,8,12,26-27H2,1H3/b17-4-,20-5-. The number of hydrogen-bond acceptors (Lipinski definition) is 4. The van der Waals surface area contributed by atoms with E-state index in [0.29, 0.717) is 17.3 Å². The summed E-state index contributed by atoms with van der Waals surface area (Å²) in [6, 6.07) is 8.71. The Balaban J connectivity index is 1.69. The first-order valence-corrected chi connectivity index (χ1v) is 9.71. The highest BCUT2D eigenvalue weighted by Gasteiger charge is 2.30. The van der Waals surface area contributed by atoms with E-state index in [1.54, 1.807) is 12.3 Å². The number of pyridine rings is 1. The molecule has 1 aliphatic heterocycles. The number of halogens is 3. The molecule has 0 saturated carbocycles. The SMILES string of the molecule is Cn1c2c(c3ccc(-n4ccc(/C(N)=C/C=C(\N)C(F)(F)F)cc4=O)cc31)CNCC2. The molecular weight excluding hydrogens is 407 g/mol. The first-order chi connectivity index (χ1) is 14.7. The Morgan fingerprint density at radius 1 is 1.16 bits per heavy atom. The molecule has 3 heterocycles. The van der Waals surface area contributed by atoms with Crippen LogP contribution in [0.3, 0.4) is 0 Å². The van der Waals surface area contributed by atoms with Gasteiger partial charge in [-0.3, -0.25) is 9.36 Å².